The third kappa shape index (κ3) is 28.7. The first-order chi connectivity index (χ1) is 31.3. The van der Waals surface area contributed by atoms with Gasteiger partial charge in [-0.05, 0) is 118 Å². The van der Waals surface area contributed by atoms with E-state index in [4.69, 9.17) is 6.42 Å². The SMILES string of the molecule is C.C.C.C.C#C.C#CC1CC1.C1CC1.C1CCNC1.C1CCNCC1.C=C.c1ccc2cnccc2c1.c1ccc2ncccc2c1.c1ccc2ncccc2c1.c1ccc2nccnc2c1. The molecule has 2 saturated carbocycles. The zero-order valence-electron chi connectivity index (χ0n) is 36.9. The molecule has 0 radical (unpaired) electrons. The monoisotopic (exact) mass is 900 g/mol. The Morgan fingerprint density at radius 2 is 0.746 bits per heavy atom. The van der Waals surface area contributed by atoms with Crippen LogP contribution in [0.5, 0.6) is 0 Å². The van der Waals surface area contributed by atoms with Crippen molar-refractivity contribution in [1.29, 1.82) is 0 Å². The second-order valence-corrected chi connectivity index (χ2v) is 14.4. The summed E-state index contributed by atoms with van der Waals surface area (Å²) in [7, 11) is 0. The summed E-state index contributed by atoms with van der Waals surface area (Å²) in [5, 5.41) is 11.4. The molecule has 2 aliphatic carbocycles. The molecule has 0 unspecified atom stereocenters. The maximum Gasteiger partial charge on any atom is 0.0886 e. The van der Waals surface area contributed by atoms with Gasteiger partial charge in [-0.1, -0.05) is 140 Å². The molecule has 7 nitrogen and oxygen atoms in total. The lowest BCUT2D eigenvalue weighted by atomic mass is 10.2. The number of hydrogen-bond donors (Lipinski definition) is 2. The number of hydrogen-bond acceptors (Lipinski definition) is 7. The standard InChI is InChI=1S/3C9H7N.C8H6N2.C5H11N.C5H6.C4H9N.C3H6.C2H4.C2H2.4CH4/c2*1-2-6-9-8(4-1)5-3-7-10-9;1-2-4-9-7-10-6-5-8(9)3-1;1-2-4-8-7(3-1)9-5-6-10-8;1-2-4-6-5-3-1;1-2-5-3-4-5;1-2-4-5-3-1;1-2-3-1;2*1-2;;;;/h3*1-7H;1-6H;6H,1-5H2;1,5H,3-4H2;5H,1-4H2;1-3H2;1-2H2;1-2H;4*1H4. The first-order valence-electron chi connectivity index (χ1n) is 22.0. The Morgan fingerprint density at radius 3 is 1.07 bits per heavy atom. The molecule has 2 aliphatic heterocycles. The molecule has 0 bridgehead atoms. The second-order valence-electron chi connectivity index (χ2n) is 14.4. The molecule has 2 saturated heterocycles. The summed E-state index contributed by atoms with van der Waals surface area (Å²) in [6.07, 6.45) is 37.7. The first kappa shape index (κ1) is 62.3. The van der Waals surface area contributed by atoms with Crippen molar-refractivity contribution in [2.75, 3.05) is 26.2 Å². The van der Waals surface area contributed by atoms with Gasteiger partial charge in [0.1, 0.15) is 0 Å². The molecule has 0 amide bonds. The Kier molecular flexibility index (Phi) is 39.0. The number of benzene rings is 4. The van der Waals surface area contributed by atoms with E-state index in [2.05, 4.69) is 104 Å². The molecular formula is C60H81N7. The van der Waals surface area contributed by atoms with Gasteiger partial charge in [-0.2, -0.15) is 0 Å². The summed E-state index contributed by atoms with van der Waals surface area (Å²) in [6, 6.07) is 42.2. The van der Waals surface area contributed by atoms with E-state index in [1.165, 1.54) is 112 Å². The van der Waals surface area contributed by atoms with Crippen LogP contribution in [0.15, 0.2) is 178 Å². The van der Waals surface area contributed by atoms with Crippen LogP contribution in [0.2, 0.25) is 0 Å². The average molecular weight is 900 g/mol. The topological polar surface area (TPSA) is 88.5 Å². The van der Waals surface area contributed by atoms with Crippen LogP contribution >= 0.6 is 0 Å². The number of aromatic nitrogens is 5. The molecule has 7 heteroatoms. The highest BCUT2D eigenvalue weighted by Crippen LogP contribution is 2.26. The summed E-state index contributed by atoms with van der Waals surface area (Å²) in [5.41, 5.74) is 4.02. The number of pyridine rings is 3. The fourth-order valence-electron chi connectivity index (χ4n) is 5.65. The van der Waals surface area contributed by atoms with E-state index < -0.39 is 0 Å². The number of para-hydroxylation sites is 4. The van der Waals surface area contributed by atoms with E-state index in [9.17, 15) is 0 Å². The van der Waals surface area contributed by atoms with Crippen molar-refractivity contribution in [2.24, 2.45) is 5.92 Å². The van der Waals surface area contributed by atoms with Crippen molar-refractivity contribution in [3.8, 4) is 25.2 Å². The summed E-state index contributed by atoms with van der Waals surface area (Å²) in [5.74, 6) is 3.30. The van der Waals surface area contributed by atoms with Gasteiger partial charge in [0.2, 0.25) is 0 Å². The molecule has 4 aromatic heterocycles. The van der Waals surface area contributed by atoms with E-state index >= 15 is 0 Å². The highest BCUT2D eigenvalue weighted by molar-refractivity contribution is 5.81. The molecule has 6 heterocycles. The van der Waals surface area contributed by atoms with Gasteiger partial charge >= 0.3 is 0 Å². The summed E-state index contributed by atoms with van der Waals surface area (Å²) in [6.45, 7) is 11.0. The van der Waals surface area contributed by atoms with Crippen LogP contribution in [0.1, 0.15) is 93.9 Å². The quantitative estimate of drug-likeness (QED) is 0.116. The third-order valence-electron chi connectivity index (χ3n) is 9.28. The van der Waals surface area contributed by atoms with Crippen LogP contribution in [-0.2, 0) is 0 Å². The van der Waals surface area contributed by atoms with E-state index in [1.54, 1.807) is 12.4 Å². The molecule has 2 N–H and O–H groups in total. The number of nitrogens with zero attached hydrogens (tertiary/aromatic N) is 5. The minimum atomic E-state index is 0. The maximum atomic E-state index is 4.98. The fourth-order valence-corrected chi connectivity index (χ4v) is 5.65. The van der Waals surface area contributed by atoms with Crippen molar-refractivity contribution in [3.05, 3.63) is 178 Å². The molecular weight excluding hydrogens is 819 g/mol. The molecule has 12 rings (SSSR count). The van der Waals surface area contributed by atoms with Crippen molar-refractivity contribution in [2.45, 2.75) is 93.9 Å². The van der Waals surface area contributed by atoms with Crippen LogP contribution in [0, 0.1) is 31.1 Å². The molecule has 67 heavy (non-hydrogen) atoms. The zero-order chi connectivity index (χ0) is 44.8. The van der Waals surface area contributed by atoms with Gasteiger partial charge in [-0.3, -0.25) is 24.9 Å². The largest absolute Gasteiger partial charge is 0.317 e. The number of fused-ring (bicyclic) bond motifs is 4. The van der Waals surface area contributed by atoms with Gasteiger partial charge < -0.3 is 10.6 Å². The first-order valence-corrected chi connectivity index (χ1v) is 22.0. The van der Waals surface area contributed by atoms with Gasteiger partial charge in [0, 0.05) is 53.9 Å². The molecule has 356 valence electrons. The molecule has 4 aliphatic rings. The predicted octanol–water partition coefficient (Wildman–Crippen LogP) is 15.3. The second kappa shape index (κ2) is 41.9. The smallest absolute Gasteiger partial charge is 0.0886 e. The molecule has 8 aromatic rings. The Balaban J connectivity index is 0. The molecule has 0 spiro atoms. The third-order valence-corrected chi connectivity index (χ3v) is 9.28. The lowest BCUT2D eigenvalue weighted by Gasteiger charge is -2.08. The van der Waals surface area contributed by atoms with E-state index in [-0.39, 0.29) is 29.7 Å². The predicted molar refractivity (Wildman–Crippen MR) is 297 cm³/mol. The van der Waals surface area contributed by atoms with E-state index in [0.29, 0.717) is 5.92 Å². The van der Waals surface area contributed by atoms with Crippen LogP contribution in [0.25, 0.3) is 43.6 Å². The number of rotatable bonds is 0. The summed E-state index contributed by atoms with van der Waals surface area (Å²) in [4.78, 5) is 20.6. The molecule has 4 aromatic carbocycles. The maximum absolute atomic E-state index is 4.98. The highest BCUT2D eigenvalue weighted by Gasteiger charge is 2.16. The highest BCUT2D eigenvalue weighted by atomic mass is 14.9. The molecule has 0 atom stereocenters. The van der Waals surface area contributed by atoms with E-state index in [1.807, 2.05) is 116 Å². The fraction of sp³-hybridized carbons (Fsp3) is 0.317. The normalized spacial score (nSPS) is 12.7. The Hall–Kier alpha value is -6.77. The van der Waals surface area contributed by atoms with Crippen molar-refractivity contribution in [3.63, 3.8) is 0 Å². The summed E-state index contributed by atoms with van der Waals surface area (Å²) >= 11 is 0. The van der Waals surface area contributed by atoms with Crippen molar-refractivity contribution >= 4 is 43.6 Å². The van der Waals surface area contributed by atoms with Crippen LogP contribution in [0.3, 0.4) is 0 Å². The average Bonchev–Trinajstić information content (AvgIpc) is 4.36. The lowest BCUT2D eigenvalue weighted by molar-refractivity contribution is 0.520. The van der Waals surface area contributed by atoms with Gasteiger partial charge in [0.05, 0.1) is 22.1 Å². The number of piperidine rings is 1. The Labute approximate surface area is 406 Å². The number of nitrogens with one attached hydrogen (secondary N) is 2. The van der Waals surface area contributed by atoms with Gasteiger partial charge in [0.25, 0.3) is 0 Å². The van der Waals surface area contributed by atoms with Gasteiger partial charge in [-0.15, -0.1) is 38.3 Å². The lowest BCUT2D eigenvalue weighted by Crippen LogP contribution is -2.21. The van der Waals surface area contributed by atoms with Gasteiger partial charge in [0.15, 0.2) is 0 Å². The Bertz CT molecular complexity index is 1860. The van der Waals surface area contributed by atoms with Gasteiger partial charge in [-0.25, -0.2) is 0 Å². The van der Waals surface area contributed by atoms with Crippen LogP contribution < -0.4 is 10.6 Å². The van der Waals surface area contributed by atoms with Crippen LogP contribution in [0.4, 0.5) is 0 Å². The zero-order valence-corrected chi connectivity index (χ0v) is 36.9. The summed E-state index contributed by atoms with van der Waals surface area (Å²) < 4.78 is 0. The van der Waals surface area contributed by atoms with Crippen LogP contribution in [-0.4, -0.2) is 51.1 Å². The van der Waals surface area contributed by atoms with Crippen molar-refractivity contribution in [1.82, 2.24) is 35.6 Å². The minimum absolute atomic E-state index is 0. The molecule has 4 fully saturated rings. The number of terminal acetylenes is 2. The minimum Gasteiger partial charge on any atom is -0.317 e. The van der Waals surface area contributed by atoms with Crippen molar-refractivity contribution < 1.29 is 0 Å². The van der Waals surface area contributed by atoms with E-state index in [0.717, 1.165) is 22.1 Å². The Morgan fingerprint density at radius 1 is 0.403 bits per heavy atom.